The quantitative estimate of drug-likeness (QED) is 0.608. The molecule has 0 aliphatic rings. The molecule has 1 heterocycles. The minimum atomic E-state index is -0.491. The van der Waals surface area contributed by atoms with E-state index in [4.69, 9.17) is 11.6 Å². The molecular formula is C22H23ClN2O2. The molecule has 2 aromatic carbocycles. The second-order valence-corrected chi connectivity index (χ2v) is 8.13. The van der Waals surface area contributed by atoms with Gasteiger partial charge in [-0.3, -0.25) is 9.59 Å². The summed E-state index contributed by atoms with van der Waals surface area (Å²) in [7, 11) is 0. The van der Waals surface area contributed by atoms with Crippen LogP contribution in [0.15, 0.2) is 48.7 Å². The van der Waals surface area contributed by atoms with Crippen LogP contribution in [0.4, 0.5) is 5.69 Å². The van der Waals surface area contributed by atoms with E-state index < -0.39 is 5.41 Å². The lowest BCUT2D eigenvalue weighted by atomic mass is 9.86. The van der Waals surface area contributed by atoms with E-state index in [9.17, 15) is 9.59 Å². The van der Waals surface area contributed by atoms with Crippen molar-refractivity contribution < 1.29 is 9.59 Å². The molecule has 0 saturated heterocycles. The first-order valence-corrected chi connectivity index (χ1v) is 9.24. The van der Waals surface area contributed by atoms with E-state index in [0.717, 1.165) is 16.5 Å². The van der Waals surface area contributed by atoms with Crippen molar-refractivity contribution in [2.45, 2.75) is 34.2 Å². The summed E-state index contributed by atoms with van der Waals surface area (Å²) in [6.45, 7) is 7.68. The van der Waals surface area contributed by atoms with E-state index in [1.807, 2.05) is 62.6 Å². The number of fused-ring (bicyclic) bond motifs is 1. The summed E-state index contributed by atoms with van der Waals surface area (Å²) < 4.78 is 1.82. The fourth-order valence-electron chi connectivity index (χ4n) is 3.05. The first-order chi connectivity index (χ1) is 12.7. The van der Waals surface area contributed by atoms with Gasteiger partial charge in [-0.25, -0.2) is 0 Å². The molecule has 1 aromatic heterocycles. The van der Waals surface area contributed by atoms with Crippen LogP contribution in [0, 0.1) is 12.3 Å². The van der Waals surface area contributed by atoms with E-state index in [-0.39, 0.29) is 18.2 Å². The number of carbonyl (C=O) groups excluding carboxylic acids is 2. The number of ketones is 1. The van der Waals surface area contributed by atoms with Gasteiger partial charge in [0.2, 0.25) is 5.91 Å². The Labute approximate surface area is 164 Å². The second-order valence-electron chi connectivity index (χ2n) is 7.73. The zero-order valence-corrected chi connectivity index (χ0v) is 16.7. The molecule has 0 spiro atoms. The fraction of sp³-hybridized carbons (Fsp3) is 0.273. The summed E-state index contributed by atoms with van der Waals surface area (Å²) in [5, 5.41) is 4.38. The van der Waals surface area contributed by atoms with Crippen LogP contribution in [-0.2, 0) is 11.3 Å². The van der Waals surface area contributed by atoms with Gasteiger partial charge in [0.05, 0.1) is 0 Å². The Hall–Kier alpha value is -2.59. The Kier molecular flexibility index (Phi) is 5.11. The molecule has 0 aliphatic carbocycles. The van der Waals surface area contributed by atoms with E-state index in [2.05, 4.69) is 5.32 Å². The van der Waals surface area contributed by atoms with E-state index in [1.54, 1.807) is 18.3 Å². The lowest BCUT2D eigenvalue weighted by Crippen LogP contribution is -2.20. The number of para-hydroxylation sites is 1. The molecule has 140 valence electrons. The number of Topliss-reactive ketones (excluding diaryl/α,β-unsaturated/α-hetero) is 1. The molecule has 1 N–H and O–H groups in total. The van der Waals surface area contributed by atoms with Crippen LogP contribution in [0.5, 0.6) is 0 Å². The Balaban J connectivity index is 1.92. The second kappa shape index (κ2) is 7.20. The van der Waals surface area contributed by atoms with Crippen molar-refractivity contribution in [3.63, 3.8) is 0 Å². The van der Waals surface area contributed by atoms with Gasteiger partial charge in [0, 0.05) is 38.8 Å². The normalized spacial score (nSPS) is 11.6. The largest absolute Gasteiger partial charge is 0.337 e. The number of benzene rings is 2. The Morgan fingerprint density at radius 1 is 1.07 bits per heavy atom. The molecule has 4 nitrogen and oxygen atoms in total. The molecule has 27 heavy (non-hydrogen) atoms. The molecule has 0 fully saturated rings. The lowest BCUT2D eigenvalue weighted by molar-refractivity contribution is -0.116. The predicted octanol–water partition coefficient (Wildman–Crippen LogP) is 5.47. The number of carbonyl (C=O) groups is 2. The monoisotopic (exact) mass is 382 g/mol. The minimum Gasteiger partial charge on any atom is -0.337 e. The van der Waals surface area contributed by atoms with E-state index in [0.29, 0.717) is 16.3 Å². The molecule has 0 radical (unpaired) electrons. The zero-order valence-electron chi connectivity index (χ0n) is 16.0. The van der Waals surface area contributed by atoms with Crippen molar-refractivity contribution in [3.8, 4) is 0 Å². The van der Waals surface area contributed by atoms with Crippen LogP contribution >= 0.6 is 11.6 Å². The fourth-order valence-corrected chi connectivity index (χ4v) is 3.22. The van der Waals surface area contributed by atoms with Crippen molar-refractivity contribution in [1.82, 2.24) is 4.57 Å². The van der Waals surface area contributed by atoms with Crippen molar-refractivity contribution in [2.75, 3.05) is 5.32 Å². The van der Waals surface area contributed by atoms with Gasteiger partial charge in [-0.15, -0.1) is 0 Å². The molecule has 0 bridgehead atoms. The smallest absolute Gasteiger partial charge is 0.244 e. The highest BCUT2D eigenvalue weighted by molar-refractivity contribution is 6.31. The first kappa shape index (κ1) is 19.2. The van der Waals surface area contributed by atoms with Crippen LogP contribution in [0.1, 0.15) is 36.7 Å². The summed E-state index contributed by atoms with van der Waals surface area (Å²) in [6.07, 6.45) is 1.78. The maximum absolute atomic E-state index is 12.8. The summed E-state index contributed by atoms with van der Waals surface area (Å²) in [4.78, 5) is 25.4. The molecule has 0 aliphatic heterocycles. The topological polar surface area (TPSA) is 51.1 Å². The number of halogens is 1. The molecule has 1 amide bonds. The van der Waals surface area contributed by atoms with Gasteiger partial charge in [0.25, 0.3) is 0 Å². The number of amides is 1. The van der Waals surface area contributed by atoms with Crippen molar-refractivity contribution in [1.29, 1.82) is 0 Å². The molecule has 3 rings (SSSR count). The average molecular weight is 383 g/mol. The third-order valence-electron chi connectivity index (χ3n) is 4.57. The molecular weight excluding hydrogens is 360 g/mol. The number of rotatable bonds is 4. The Morgan fingerprint density at radius 2 is 1.78 bits per heavy atom. The number of hydrogen-bond acceptors (Lipinski definition) is 2. The van der Waals surface area contributed by atoms with Crippen LogP contribution in [0.2, 0.25) is 5.02 Å². The Morgan fingerprint density at radius 3 is 2.48 bits per heavy atom. The highest BCUT2D eigenvalue weighted by atomic mass is 35.5. The zero-order chi connectivity index (χ0) is 19.8. The summed E-state index contributed by atoms with van der Waals surface area (Å²) in [6, 6.07) is 13.1. The van der Waals surface area contributed by atoms with E-state index in [1.165, 1.54) is 0 Å². The average Bonchev–Trinajstić information content (AvgIpc) is 2.96. The highest BCUT2D eigenvalue weighted by Crippen LogP contribution is 2.29. The third kappa shape index (κ3) is 3.91. The van der Waals surface area contributed by atoms with Crippen LogP contribution in [0.25, 0.3) is 10.9 Å². The van der Waals surface area contributed by atoms with E-state index >= 15 is 0 Å². The van der Waals surface area contributed by atoms with Gasteiger partial charge in [-0.05, 0) is 30.7 Å². The summed E-state index contributed by atoms with van der Waals surface area (Å²) in [5.74, 6) is -0.112. The van der Waals surface area contributed by atoms with Gasteiger partial charge in [0.15, 0.2) is 5.78 Å². The molecule has 0 atom stereocenters. The van der Waals surface area contributed by atoms with Crippen LogP contribution in [-0.4, -0.2) is 16.3 Å². The highest BCUT2D eigenvalue weighted by Gasteiger charge is 2.26. The maximum Gasteiger partial charge on any atom is 0.244 e. The molecule has 5 heteroatoms. The Bertz CT molecular complexity index is 1030. The van der Waals surface area contributed by atoms with Crippen LogP contribution in [0.3, 0.4) is 0 Å². The van der Waals surface area contributed by atoms with Crippen molar-refractivity contribution >= 4 is 39.9 Å². The summed E-state index contributed by atoms with van der Waals surface area (Å²) >= 11 is 6.12. The number of hydrogen-bond donors (Lipinski definition) is 1. The summed E-state index contributed by atoms with van der Waals surface area (Å²) in [5.41, 5.74) is 2.53. The van der Waals surface area contributed by atoms with Crippen molar-refractivity contribution in [2.24, 2.45) is 5.41 Å². The molecule has 3 aromatic rings. The van der Waals surface area contributed by atoms with Crippen LogP contribution < -0.4 is 5.32 Å². The van der Waals surface area contributed by atoms with Gasteiger partial charge in [-0.2, -0.15) is 0 Å². The first-order valence-electron chi connectivity index (χ1n) is 8.86. The lowest BCUT2D eigenvalue weighted by Gasteiger charge is -2.15. The number of nitrogens with zero attached hydrogens (tertiary/aromatic N) is 1. The van der Waals surface area contributed by atoms with Gasteiger partial charge in [-0.1, -0.05) is 56.6 Å². The van der Waals surface area contributed by atoms with Gasteiger partial charge >= 0.3 is 0 Å². The van der Waals surface area contributed by atoms with Crippen molar-refractivity contribution in [3.05, 3.63) is 64.8 Å². The maximum atomic E-state index is 12.8. The minimum absolute atomic E-state index is 0.0588. The SMILES string of the molecule is Cc1c(Cl)cccc1NC(=O)Cn1cc(C(=O)C(C)(C)C)c2ccccc21. The molecule has 0 saturated carbocycles. The molecule has 0 unspecified atom stereocenters. The number of aromatic nitrogens is 1. The standard InChI is InChI=1S/C22H23ClN2O2/c1-14-17(23)9-7-10-18(14)24-20(26)13-25-12-16(21(27)22(2,3)4)15-8-5-6-11-19(15)25/h5-12H,13H2,1-4H3,(H,24,26). The van der Waals surface area contributed by atoms with Gasteiger partial charge < -0.3 is 9.88 Å². The predicted molar refractivity (Wildman–Crippen MR) is 111 cm³/mol. The number of anilines is 1. The number of nitrogens with one attached hydrogen (secondary N) is 1. The van der Waals surface area contributed by atoms with Gasteiger partial charge in [0.1, 0.15) is 6.54 Å². The third-order valence-corrected chi connectivity index (χ3v) is 4.98.